The molecule has 0 spiro atoms. The monoisotopic (exact) mass is 472 g/mol. The number of hydrogen-bond acceptors (Lipinski definition) is 4. The molecule has 2 rings (SSSR count). The number of alkyl halides is 2. The van der Waals surface area contributed by atoms with Crippen LogP contribution in [-0.4, -0.2) is 44.8 Å². The fourth-order valence-electron chi connectivity index (χ4n) is 4.61. The van der Waals surface area contributed by atoms with Gasteiger partial charge in [0.1, 0.15) is 10.2 Å². The van der Waals surface area contributed by atoms with Crippen LogP contribution >= 0.6 is 11.8 Å². The van der Waals surface area contributed by atoms with Crippen molar-refractivity contribution in [1.82, 2.24) is 10.6 Å². The van der Waals surface area contributed by atoms with Gasteiger partial charge in [-0.1, -0.05) is 65.0 Å². The molecule has 0 aliphatic carbocycles. The van der Waals surface area contributed by atoms with Gasteiger partial charge in [0.2, 0.25) is 0 Å². The van der Waals surface area contributed by atoms with Crippen LogP contribution in [0, 0.1) is 16.7 Å². The molecule has 1 heterocycles. The van der Waals surface area contributed by atoms with Crippen molar-refractivity contribution in [3.05, 3.63) is 35.9 Å². The van der Waals surface area contributed by atoms with Crippen molar-refractivity contribution >= 4 is 29.7 Å². The fraction of sp³-hybridized carbons (Fsp3) is 0.591. The molecule has 1 aliphatic heterocycles. The van der Waals surface area contributed by atoms with Crippen LogP contribution < -0.4 is 10.6 Å². The maximum atomic E-state index is 14.4. The van der Waals surface area contributed by atoms with E-state index in [0.29, 0.717) is 0 Å². The number of benzene rings is 1. The molecular weight excluding hydrogens is 442 g/mol. The Kier molecular flexibility index (Phi) is 7.19. The Morgan fingerprint density at radius 3 is 2.09 bits per heavy atom. The van der Waals surface area contributed by atoms with Crippen LogP contribution in [0.15, 0.2) is 30.3 Å². The Bertz CT molecular complexity index is 877. The van der Waals surface area contributed by atoms with Gasteiger partial charge in [0.15, 0.2) is 0 Å². The molecule has 1 aromatic carbocycles. The summed E-state index contributed by atoms with van der Waals surface area (Å²) < 4.78 is 27.3. The lowest BCUT2D eigenvalue weighted by Crippen LogP contribution is -2.56. The highest BCUT2D eigenvalue weighted by molar-refractivity contribution is 8.02. The fourth-order valence-corrected chi connectivity index (χ4v) is 6.70. The lowest BCUT2D eigenvalue weighted by Gasteiger charge is -2.43. The maximum Gasteiger partial charge on any atom is 0.320 e. The summed E-state index contributed by atoms with van der Waals surface area (Å²) in [6, 6.07) is 6.01. The first kappa shape index (κ1) is 25.9. The molecule has 4 unspecified atom stereocenters. The minimum Gasteiger partial charge on any atom is -0.481 e. The average Bonchev–Trinajstić information content (AvgIpc) is 2.96. The zero-order valence-electron chi connectivity index (χ0n) is 18.7. The van der Waals surface area contributed by atoms with Gasteiger partial charge in [-0.2, -0.15) is 8.78 Å². The van der Waals surface area contributed by atoms with Gasteiger partial charge < -0.3 is 20.8 Å². The second-order valence-electron chi connectivity index (χ2n) is 9.11. The number of carbonyl (C=O) groups excluding carboxylic acids is 1. The van der Waals surface area contributed by atoms with E-state index >= 15 is 0 Å². The molecule has 1 aliphatic rings. The second kappa shape index (κ2) is 8.88. The molecule has 0 aromatic heterocycles. The van der Waals surface area contributed by atoms with Crippen molar-refractivity contribution in [1.29, 1.82) is 0 Å². The van der Waals surface area contributed by atoms with Crippen LogP contribution in [0.4, 0.5) is 13.6 Å². The number of hydrogen-bond donors (Lipinski definition) is 4. The number of rotatable bonds is 7. The maximum absolute atomic E-state index is 14.4. The minimum absolute atomic E-state index is 0.0483. The second-order valence-corrected chi connectivity index (χ2v) is 10.5. The highest BCUT2D eigenvalue weighted by atomic mass is 32.2. The molecule has 4 N–H and O–H groups in total. The number of nitrogens with one attached hydrogen (secondary N) is 2. The van der Waals surface area contributed by atoms with Crippen molar-refractivity contribution < 1.29 is 33.4 Å². The van der Waals surface area contributed by atoms with Gasteiger partial charge in [-0.25, -0.2) is 4.79 Å². The average molecular weight is 473 g/mol. The molecular formula is C22H30F2N2O5S. The summed E-state index contributed by atoms with van der Waals surface area (Å²) in [5.41, 5.74) is -2.72. The third kappa shape index (κ3) is 4.16. The van der Waals surface area contributed by atoms with E-state index in [0.717, 1.165) is 11.8 Å². The first-order valence-electron chi connectivity index (χ1n) is 10.3. The molecule has 32 heavy (non-hydrogen) atoms. The number of aliphatic carboxylic acids is 2. The highest BCUT2D eigenvalue weighted by Gasteiger charge is 2.71. The third-order valence-electron chi connectivity index (χ3n) is 6.50. The minimum atomic E-state index is -3.33. The standard InChI is InChI=1S/C22H30F2N2O5S/c1-6-20(16(27)28)13(2)22(17(29)30,19(3,4)5)32-15(20)26-18(31)25-12-21(23,24)14-10-8-7-9-11-14/h7-11,13,15H,6,12H2,1-5H3,(H,27,28)(H,29,30)(H2,25,26,31). The van der Waals surface area contributed by atoms with Gasteiger partial charge >= 0.3 is 18.0 Å². The Labute approximate surface area is 190 Å². The van der Waals surface area contributed by atoms with E-state index in [1.165, 1.54) is 24.3 Å². The number of carboxylic acids is 2. The summed E-state index contributed by atoms with van der Waals surface area (Å²) in [4.78, 5) is 37.3. The van der Waals surface area contributed by atoms with E-state index in [-0.39, 0.29) is 12.0 Å². The normalized spacial score (nSPS) is 28.2. The molecule has 1 fully saturated rings. The molecule has 0 radical (unpaired) electrons. The van der Waals surface area contributed by atoms with Gasteiger partial charge in [0.05, 0.1) is 11.9 Å². The van der Waals surface area contributed by atoms with Crippen LogP contribution in [-0.2, 0) is 15.5 Å². The van der Waals surface area contributed by atoms with Crippen LogP contribution in [0.25, 0.3) is 0 Å². The molecule has 4 atom stereocenters. The van der Waals surface area contributed by atoms with Crippen LogP contribution in [0.5, 0.6) is 0 Å². The highest BCUT2D eigenvalue weighted by Crippen LogP contribution is 2.64. The van der Waals surface area contributed by atoms with Crippen molar-refractivity contribution in [2.75, 3.05) is 6.54 Å². The number of urea groups is 1. The van der Waals surface area contributed by atoms with Crippen LogP contribution in [0.1, 0.15) is 46.6 Å². The zero-order valence-corrected chi connectivity index (χ0v) is 19.6. The molecule has 0 saturated carbocycles. The summed E-state index contributed by atoms with van der Waals surface area (Å²) in [6.07, 6.45) is 0.0483. The number of carbonyl (C=O) groups is 3. The molecule has 10 heteroatoms. The van der Waals surface area contributed by atoms with E-state index < -0.39 is 57.3 Å². The van der Waals surface area contributed by atoms with Crippen molar-refractivity contribution in [3.8, 4) is 0 Å². The lowest BCUT2D eigenvalue weighted by atomic mass is 9.61. The largest absolute Gasteiger partial charge is 0.481 e. The quantitative estimate of drug-likeness (QED) is 0.474. The number of carboxylic acid groups (broad SMARTS) is 2. The Morgan fingerprint density at radius 1 is 1.09 bits per heavy atom. The van der Waals surface area contributed by atoms with E-state index in [1.807, 2.05) is 0 Å². The predicted octanol–water partition coefficient (Wildman–Crippen LogP) is 4.14. The van der Waals surface area contributed by atoms with Crippen molar-refractivity contribution in [2.45, 2.75) is 57.1 Å². The predicted molar refractivity (Wildman–Crippen MR) is 118 cm³/mol. The smallest absolute Gasteiger partial charge is 0.320 e. The third-order valence-corrected chi connectivity index (χ3v) is 8.78. The van der Waals surface area contributed by atoms with E-state index in [4.69, 9.17) is 0 Å². The summed E-state index contributed by atoms with van der Waals surface area (Å²) in [7, 11) is 0. The zero-order chi connectivity index (χ0) is 24.5. The van der Waals surface area contributed by atoms with Crippen molar-refractivity contribution in [2.24, 2.45) is 16.7 Å². The Hall–Kier alpha value is -2.36. The first-order valence-corrected chi connectivity index (χ1v) is 11.2. The molecule has 7 nitrogen and oxygen atoms in total. The summed E-state index contributed by atoms with van der Waals surface area (Å²) in [5.74, 6) is -6.62. The van der Waals surface area contributed by atoms with Crippen LogP contribution in [0.2, 0.25) is 0 Å². The van der Waals surface area contributed by atoms with Crippen molar-refractivity contribution in [3.63, 3.8) is 0 Å². The molecule has 0 bridgehead atoms. The molecule has 1 aromatic rings. The van der Waals surface area contributed by atoms with Crippen LogP contribution in [0.3, 0.4) is 0 Å². The van der Waals surface area contributed by atoms with E-state index in [1.54, 1.807) is 40.7 Å². The Morgan fingerprint density at radius 2 is 1.66 bits per heavy atom. The summed E-state index contributed by atoms with van der Waals surface area (Å²) in [6.45, 7) is 7.29. The molecule has 1 saturated heterocycles. The lowest BCUT2D eigenvalue weighted by molar-refractivity contribution is -0.157. The number of amides is 2. The van der Waals surface area contributed by atoms with E-state index in [2.05, 4.69) is 10.6 Å². The van der Waals surface area contributed by atoms with E-state index in [9.17, 15) is 33.4 Å². The van der Waals surface area contributed by atoms with Gasteiger partial charge in [-0.15, -0.1) is 11.8 Å². The number of thioether (sulfide) groups is 1. The first-order chi connectivity index (χ1) is 14.7. The topological polar surface area (TPSA) is 116 Å². The summed E-state index contributed by atoms with van der Waals surface area (Å²) in [5, 5.41) is 23.7. The summed E-state index contributed by atoms with van der Waals surface area (Å²) >= 11 is 0.859. The van der Waals surface area contributed by atoms with Gasteiger partial charge in [0.25, 0.3) is 5.92 Å². The van der Waals surface area contributed by atoms with Gasteiger partial charge in [0, 0.05) is 11.5 Å². The molecule has 2 amide bonds. The molecule has 178 valence electrons. The SMILES string of the molecule is CCC1(C(=O)O)C(NC(=O)NCC(F)(F)c2ccccc2)SC(C(=O)O)(C(C)(C)C)C1C. The van der Waals surface area contributed by atoms with Gasteiger partial charge in [-0.05, 0) is 11.8 Å². The van der Waals surface area contributed by atoms with Gasteiger partial charge in [-0.3, -0.25) is 9.59 Å². The Balaban J connectivity index is 2.31. The number of halogens is 2.